The average molecular weight is 793 g/mol. The van der Waals surface area contributed by atoms with Crippen LogP contribution < -0.4 is 0 Å². The summed E-state index contributed by atoms with van der Waals surface area (Å²) in [5.41, 5.74) is 22.5. The lowest BCUT2D eigenvalue weighted by atomic mass is 9.92. The quantitative estimate of drug-likeness (QED) is 0.159. The Balaban J connectivity index is 1.07. The summed E-state index contributed by atoms with van der Waals surface area (Å²) >= 11 is 0. The van der Waals surface area contributed by atoms with E-state index in [-0.39, 0.29) is 0 Å². The van der Waals surface area contributed by atoms with E-state index in [0.29, 0.717) is 0 Å². The molecule has 0 fully saturated rings. The van der Waals surface area contributed by atoms with Gasteiger partial charge in [0, 0.05) is 16.7 Å². The third kappa shape index (κ3) is 7.26. The van der Waals surface area contributed by atoms with Crippen molar-refractivity contribution in [1.82, 2.24) is 0 Å². The molecule has 62 heavy (non-hydrogen) atoms. The molecule has 0 atom stereocenters. The van der Waals surface area contributed by atoms with Crippen LogP contribution in [0.15, 0.2) is 186 Å². The van der Waals surface area contributed by atoms with Crippen molar-refractivity contribution in [3.05, 3.63) is 216 Å². The summed E-state index contributed by atoms with van der Waals surface area (Å²) in [5.74, 6) is 11.7. The van der Waals surface area contributed by atoms with E-state index in [2.05, 4.69) is 214 Å². The van der Waals surface area contributed by atoms with E-state index in [4.69, 9.17) is 10.8 Å². The minimum absolute atomic E-state index is 0.771. The summed E-state index contributed by atoms with van der Waals surface area (Å²) in [5, 5.41) is 0. The maximum Gasteiger partial charge on any atom is 0.180 e. The number of terminal acetylenes is 1. The number of hydrogen-bond donors (Lipinski definition) is 0. The molecule has 0 saturated carbocycles. The van der Waals surface area contributed by atoms with E-state index in [0.717, 1.165) is 91.1 Å². The summed E-state index contributed by atoms with van der Waals surface area (Å²) in [7, 11) is 0. The molecule has 1 nitrogen and oxygen atoms in total. The molecule has 8 aromatic carbocycles. The second kappa shape index (κ2) is 16.3. The van der Waals surface area contributed by atoms with Gasteiger partial charge in [-0.2, -0.15) is 0 Å². The van der Waals surface area contributed by atoms with Crippen LogP contribution in [-0.4, -0.2) is 0 Å². The molecule has 1 aromatic heterocycles. The monoisotopic (exact) mass is 792 g/mol. The van der Waals surface area contributed by atoms with Crippen LogP contribution >= 0.6 is 0 Å². The minimum Gasteiger partial charge on any atom is -0.452 e. The van der Waals surface area contributed by atoms with Crippen molar-refractivity contribution in [1.29, 1.82) is 0 Å². The van der Waals surface area contributed by atoms with Crippen LogP contribution in [0.3, 0.4) is 0 Å². The molecule has 9 aromatic rings. The summed E-state index contributed by atoms with van der Waals surface area (Å²) in [6.45, 7) is 6.41. The molecular weight excluding hydrogens is 749 g/mol. The highest BCUT2D eigenvalue weighted by molar-refractivity contribution is 5.82. The molecule has 1 heteroatoms. The van der Waals surface area contributed by atoms with Crippen molar-refractivity contribution in [2.24, 2.45) is 0 Å². The first-order valence-electron chi connectivity index (χ1n) is 21.5. The maximum atomic E-state index is 6.25. The first-order valence-corrected chi connectivity index (χ1v) is 21.5. The molecule has 0 N–H and O–H groups in total. The third-order valence-corrected chi connectivity index (χ3v) is 12.5. The molecule has 22 aliphatic carbocycles. The average Bonchev–Trinajstić information content (AvgIpc) is 3.66. The summed E-state index contributed by atoms with van der Waals surface area (Å²) in [6, 6.07) is 65.9. The van der Waals surface area contributed by atoms with Gasteiger partial charge in [0.15, 0.2) is 5.76 Å². The van der Waals surface area contributed by atoms with Gasteiger partial charge in [0.1, 0.15) is 5.76 Å². The topological polar surface area (TPSA) is 13.1 Å². The fraction of sp³-hybridized carbons (Fsp3) is 0.0820. The number of rotatable bonds is 2. The molecular formula is C61H44O. The summed E-state index contributed by atoms with van der Waals surface area (Å²) in [4.78, 5) is 0. The molecule has 0 saturated heterocycles. The molecule has 0 aliphatic heterocycles. The second-order valence-corrected chi connectivity index (χ2v) is 16.0. The highest BCUT2D eigenvalue weighted by atomic mass is 16.3. The van der Waals surface area contributed by atoms with Gasteiger partial charge in [0.05, 0.1) is 0 Å². The van der Waals surface area contributed by atoms with Gasteiger partial charge in [0.25, 0.3) is 0 Å². The molecule has 0 spiro atoms. The van der Waals surface area contributed by atoms with Crippen LogP contribution in [0.25, 0.3) is 89.0 Å². The van der Waals surface area contributed by atoms with Crippen molar-refractivity contribution in [3.63, 3.8) is 0 Å². The van der Waals surface area contributed by atoms with E-state index >= 15 is 0 Å². The smallest absolute Gasteiger partial charge is 0.180 e. The van der Waals surface area contributed by atoms with Gasteiger partial charge in [-0.05, 0) is 132 Å². The van der Waals surface area contributed by atoms with Gasteiger partial charge in [-0.3, -0.25) is 0 Å². The molecule has 16 bridgehead atoms. The van der Waals surface area contributed by atoms with Gasteiger partial charge in [-0.1, -0.05) is 196 Å². The fourth-order valence-corrected chi connectivity index (χ4v) is 8.97. The van der Waals surface area contributed by atoms with Crippen molar-refractivity contribution in [2.45, 2.75) is 33.6 Å². The normalized spacial score (nSPS) is 11.1. The van der Waals surface area contributed by atoms with Crippen molar-refractivity contribution >= 4 is 0 Å². The van der Waals surface area contributed by atoms with Gasteiger partial charge in [0.2, 0.25) is 0 Å². The molecule has 0 unspecified atom stereocenters. The maximum absolute atomic E-state index is 6.25. The number of hydrogen-bond acceptors (Lipinski definition) is 1. The van der Waals surface area contributed by atoms with Gasteiger partial charge in [-0.15, -0.1) is 6.42 Å². The standard InChI is InChI=1S/C61H44O/c1-5-41-38-54-32-35-59(41)52-28-24-48(25-29-52)44-12-8-43(9-13-44)47-18-22-51(23-19-47)55-33-36-60(56(39-55)34-37-61-58(7-3)57(6-2)40(4)62-61)53-30-26-49(27-31-53)45-14-10-42(11-15-45)46-16-20-50(54)21-17-46/h1,8-33,35-36,38-39H,6-7H2,2-4H3. The zero-order chi connectivity index (χ0) is 42.2. The summed E-state index contributed by atoms with van der Waals surface area (Å²) < 4.78 is 6.25. The van der Waals surface area contributed by atoms with Crippen LogP contribution in [0, 0.1) is 31.1 Å². The van der Waals surface area contributed by atoms with E-state index in [9.17, 15) is 0 Å². The van der Waals surface area contributed by atoms with E-state index < -0.39 is 0 Å². The zero-order valence-corrected chi connectivity index (χ0v) is 35.2. The van der Waals surface area contributed by atoms with Crippen molar-refractivity contribution in [2.75, 3.05) is 0 Å². The van der Waals surface area contributed by atoms with Crippen LogP contribution in [0.1, 0.15) is 47.6 Å². The Hall–Kier alpha value is -7.84. The highest BCUT2D eigenvalue weighted by Crippen LogP contribution is 2.36. The zero-order valence-electron chi connectivity index (χ0n) is 35.2. The SMILES string of the molecule is C#Cc1cc2ccc1-c1ccc(cc1)-c1ccc(cc1)-c1ccc(cc1)-c1ccc(c(C#Cc3oc(C)c(CC)c3CC)c1)-c1ccc(cc1)-c1ccc(cc1)-c1ccc-2cc1. The number of furan rings is 1. The minimum atomic E-state index is 0.771. The van der Waals surface area contributed by atoms with Crippen LogP contribution in [0.5, 0.6) is 0 Å². The Labute approximate surface area is 365 Å². The second-order valence-electron chi connectivity index (χ2n) is 16.0. The van der Waals surface area contributed by atoms with Crippen LogP contribution in [0.4, 0.5) is 0 Å². The first kappa shape index (κ1) is 38.4. The number of benzene rings is 8. The van der Waals surface area contributed by atoms with Gasteiger partial charge >= 0.3 is 0 Å². The van der Waals surface area contributed by atoms with E-state index in [1.165, 1.54) is 44.5 Å². The summed E-state index contributed by atoms with van der Waals surface area (Å²) in [6.07, 6.45) is 7.93. The first-order chi connectivity index (χ1) is 30.5. The number of aryl methyl sites for hydroxylation is 1. The van der Waals surface area contributed by atoms with Crippen molar-refractivity contribution in [3.8, 4) is 113 Å². The molecule has 22 aliphatic rings. The van der Waals surface area contributed by atoms with E-state index in [1.807, 2.05) is 6.92 Å². The Morgan fingerprint density at radius 3 is 0.984 bits per heavy atom. The van der Waals surface area contributed by atoms with Crippen LogP contribution in [-0.2, 0) is 12.8 Å². The molecule has 0 radical (unpaired) electrons. The molecule has 294 valence electrons. The van der Waals surface area contributed by atoms with E-state index in [1.54, 1.807) is 0 Å². The third-order valence-electron chi connectivity index (χ3n) is 12.5. The molecule has 1 heterocycles. The fourth-order valence-electron chi connectivity index (χ4n) is 8.97. The largest absolute Gasteiger partial charge is 0.452 e. The predicted molar refractivity (Wildman–Crippen MR) is 260 cm³/mol. The molecule has 31 rings (SSSR count). The Morgan fingerprint density at radius 1 is 0.355 bits per heavy atom. The lowest BCUT2D eigenvalue weighted by Gasteiger charge is -2.12. The Bertz CT molecular complexity index is 3190. The van der Waals surface area contributed by atoms with Gasteiger partial charge < -0.3 is 4.42 Å². The molecule has 0 amide bonds. The lowest BCUT2D eigenvalue weighted by molar-refractivity contribution is 0.517. The van der Waals surface area contributed by atoms with Crippen molar-refractivity contribution < 1.29 is 4.42 Å². The highest BCUT2D eigenvalue weighted by Gasteiger charge is 2.15. The Morgan fingerprint density at radius 2 is 0.645 bits per heavy atom. The van der Waals surface area contributed by atoms with Crippen LogP contribution in [0.2, 0.25) is 0 Å². The lowest BCUT2D eigenvalue weighted by Crippen LogP contribution is -1.90. The van der Waals surface area contributed by atoms with Gasteiger partial charge in [-0.25, -0.2) is 0 Å². The predicted octanol–water partition coefficient (Wildman–Crippen LogP) is 15.7. The Kier molecular flexibility index (Phi) is 10.1.